The Labute approximate surface area is 154 Å². The van der Waals surface area contributed by atoms with Gasteiger partial charge in [0.05, 0.1) is 12.1 Å². The van der Waals surface area contributed by atoms with E-state index in [4.69, 9.17) is 11.0 Å². The minimum Gasteiger partial charge on any atom is -0.316 e. The lowest BCUT2D eigenvalue weighted by molar-refractivity contribution is 0.148. The van der Waals surface area contributed by atoms with Crippen LogP contribution >= 0.6 is 0 Å². The first kappa shape index (κ1) is 18.5. The molecule has 4 nitrogen and oxygen atoms in total. The van der Waals surface area contributed by atoms with Crippen LogP contribution in [0.2, 0.25) is 0 Å². The molecule has 1 aliphatic rings. The molecule has 0 amide bonds. The molecule has 1 saturated heterocycles. The number of hydrogen-bond acceptors (Lipinski definition) is 4. The SMILES string of the molecule is CN1CCN(Cc2ccc(-c3ccc(CC(N)C#N)c(F)c3)cc2)CC1. The molecule has 1 fully saturated rings. The van der Waals surface area contributed by atoms with E-state index in [1.54, 1.807) is 6.07 Å². The summed E-state index contributed by atoms with van der Waals surface area (Å²) < 4.78 is 14.3. The van der Waals surface area contributed by atoms with Gasteiger partial charge >= 0.3 is 0 Å². The molecular weight excluding hydrogens is 327 g/mol. The average molecular weight is 352 g/mol. The van der Waals surface area contributed by atoms with Gasteiger partial charge in [-0.1, -0.05) is 36.4 Å². The molecule has 2 aromatic carbocycles. The Morgan fingerprint density at radius 1 is 1.08 bits per heavy atom. The Morgan fingerprint density at radius 2 is 1.73 bits per heavy atom. The fourth-order valence-corrected chi connectivity index (χ4v) is 3.24. The van der Waals surface area contributed by atoms with Gasteiger partial charge in [0.15, 0.2) is 0 Å². The number of piperazine rings is 1. The Kier molecular flexibility index (Phi) is 6.00. The third-order valence-corrected chi connectivity index (χ3v) is 4.95. The highest BCUT2D eigenvalue weighted by atomic mass is 19.1. The molecule has 1 unspecified atom stereocenters. The summed E-state index contributed by atoms with van der Waals surface area (Å²) in [7, 11) is 2.16. The highest BCUT2D eigenvalue weighted by molar-refractivity contribution is 5.64. The standard InChI is InChI=1S/C21H25FN4/c1-25-8-10-26(11-9-25)15-16-2-4-17(5-3-16)18-6-7-19(21(22)13-18)12-20(24)14-23/h2-7,13,20H,8-12,15,24H2,1H3. The molecule has 136 valence electrons. The molecule has 26 heavy (non-hydrogen) atoms. The number of nitriles is 1. The summed E-state index contributed by atoms with van der Waals surface area (Å²) in [5, 5.41) is 8.77. The summed E-state index contributed by atoms with van der Waals surface area (Å²) in [6, 6.07) is 14.7. The van der Waals surface area contributed by atoms with Gasteiger partial charge in [0, 0.05) is 39.1 Å². The molecule has 3 rings (SSSR count). The fourth-order valence-electron chi connectivity index (χ4n) is 3.24. The molecule has 0 radical (unpaired) electrons. The van der Waals surface area contributed by atoms with Gasteiger partial charge in [-0.2, -0.15) is 5.26 Å². The van der Waals surface area contributed by atoms with E-state index in [0.29, 0.717) is 5.56 Å². The predicted molar refractivity (Wildman–Crippen MR) is 102 cm³/mol. The van der Waals surface area contributed by atoms with Crippen LogP contribution in [0.15, 0.2) is 42.5 Å². The Balaban J connectivity index is 1.66. The maximum atomic E-state index is 14.3. The molecule has 1 heterocycles. The van der Waals surface area contributed by atoms with Crippen molar-refractivity contribution in [3.05, 3.63) is 59.4 Å². The number of benzene rings is 2. The summed E-state index contributed by atoms with van der Waals surface area (Å²) in [5.74, 6) is -0.310. The average Bonchev–Trinajstić information content (AvgIpc) is 2.66. The van der Waals surface area contributed by atoms with Gasteiger partial charge < -0.3 is 10.6 Å². The predicted octanol–water partition coefficient (Wildman–Crippen LogP) is 2.63. The van der Waals surface area contributed by atoms with Crippen molar-refractivity contribution >= 4 is 0 Å². The monoisotopic (exact) mass is 352 g/mol. The van der Waals surface area contributed by atoms with E-state index in [0.717, 1.165) is 43.9 Å². The lowest BCUT2D eigenvalue weighted by atomic mass is 9.99. The summed E-state index contributed by atoms with van der Waals surface area (Å²) >= 11 is 0. The minimum atomic E-state index is -0.677. The molecule has 0 aliphatic carbocycles. The number of likely N-dealkylation sites (N-methyl/N-ethyl adjacent to an activating group) is 1. The Hall–Kier alpha value is -2.26. The topological polar surface area (TPSA) is 56.3 Å². The lowest BCUT2D eigenvalue weighted by Gasteiger charge is -2.32. The molecule has 0 saturated carbocycles. The van der Waals surface area contributed by atoms with E-state index in [2.05, 4.69) is 29.0 Å². The number of nitrogens with zero attached hydrogens (tertiary/aromatic N) is 3. The fraction of sp³-hybridized carbons (Fsp3) is 0.381. The second-order valence-corrected chi connectivity index (χ2v) is 7.02. The van der Waals surface area contributed by atoms with Crippen molar-refractivity contribution in [3.8, 4) is 17.2 Å². The first-order chi connectivity index (χ1) is 12.5. The summed E-state index contributed by atoms with van der Waals surface area (Å²) in [5.41, 5.74) is 9.17. The van der Waals surface area contributed by atoms with E-state index in [-0.39, 0.29) is 12.2 Å². The number of rotatable bonds is 5. The first-order valence-electron chi connectivity index (χ1n) is 8.99. The third-order valence-electron chi connectivity index (χ3n) is 4.95. The third kappa shape index (κ3) is 4.67. The zero-order valence-electron chi connectivity index (χ0n) is 15.2. The van der Waals surface area contributed by atoms with Gasteiger partial charge in [-0.15, -0.1) is 0 Å². The quantitative estimate of drug-likeness (QED) is 0.899. The molecule has 2 aromatic rings. The van der Waals surface area contributed by atoms with Crippen molar-refractivity contribution < 1.29 is 4.39 Å². The molecular formula is C21H25FN4. The summed E-state index contributed by atoms with van der Waals surface area (Å²) in [4.78, 5) is 4.81. The highest BCUT2D eigenvalue weighted by Gasteiger charge is 2.14. The first-order valence-corrected chi connectivity index (χ1v) is 8.99. The second-order valence-electron chi connectivity index (χ2n) is 7.02. The van der Waals surface area contributed by atoms with Crippen LogP contribution in [0.1, 0.15) is 11.1 Å². The molecule has 1 aliphatic heterocycles. The lowest BCUT2D eigenvalue weighted by Crippen LogP contribution is -2.43. The van der Waals surface area contributed by atoms with Crippen LogP contribution in [-0.2, 0) is 13.0 Å². The Morgan fingerprint density at radius 3 is 2.35 bits per heavy atom. The number of hydrogen-bond donors (Lipinski definition) is 1. The van der Waals surface area contributed by atoms with Crippen LogP contribution in [0.3, 0.4) is 0 Å². The van der Waals surface area contributed by atoms with E-state index in [1.807, 2.05) is 24.3 Å². The molecule has 0 bridgehead atoms. The zero-order valence-corrected chi connectivity index (χ0v) is 15.2. The number of nitrogens with two attached hydrogens (primary N) is 1. The molecule has 0 aromatic heterocycles. The molecule has 1 atom stereocenters. The van der Waals surface area contributed by atoms with Crippen LogP contribution in [0.4, 0.5) is 4.39 Å². The van der Waals surface area contributed by atoms with E-state index >= 15 is 0 Å². The van der Waals surface area contributed by atoms with E-state index in [9.17, 15) is 4.39 Å². The van der Waals surface area contributed by atoms with E-state index in [1.165, 1.54) is 11.6 Å². The molecule has 0 spiro atoms. The summed E-state index contributed by atoms with van der Waals surface area (Å²) in [6.07, 6.45) is 0.229. The minimum absolute atomic E-state index is 0.229. The normalized spacial score (nSPS) is 17.0. The van der Waals surface area contributed by atoms with E-state index < -0.39 is 6.04 Å². The van der Waals surface area contributed by atoms with Gasteiger partial charge in [-0.3, -0.25) is 4.90 Å². The van der Waals surface area contributed by atoms with Crippen molar-refractivity contribution in [1.29, 1.82) is 5.26 Å². The summed E-state index contributed by atoms with van der Waals surface area (Å²) in [6.45, 7) is 5.36. The molecule has 2 N–H and O–H groups in total. The van der Waals surface area contributed by atoms with Crippen LogP contribution in [0.25, 0.3) is 11.1 Å². The number of halogens is 1. The smallest absolute Gasteiger partial charge is 0.127 e. The van der Waals surface area contributed by atoms with Crippen molar-refractivity contribution in [3.63, 3.8) is 0 Å². The van der Waals surface area contributed by atoms with Gasteiger partial charge in [0.2, 0.25) is 0 Å². The molecule has 5 heteroatoms. The van der Waals surface area contributed by atoms with Crippen molar-refractivity contribution in [2.45, 2.75) is 19.0 Å². The second kappa shape index (κ2) is 8.41. The zero-order chi connectivity index (χ0) is 18.5. The largest absolute Gasteiger partial charge is 0.316 e. The Bertz CT molecular complexity index is 774. The van der Waals surface area contributed by atoms with Crippen LogP contribution in [0, 0.1) is 17.1 Å². The maximum absolute atomic E-state index is 14.3. The van der Waals surface area contributed by atoms with Gasteiger partial charge in [-0.25, -0.2) is 4.39 Å². The van der Waals surface area contributed by atoms with Crippen LogP contribution in [-0.4, -0.2) is 49.1 Å². The highest BCUT2D eigenvalue weighted by Crippen LogP contribution is 2.23. The van der Waals surface area contributed by atoms with Crippen LogP contribution in [0.5, 0.6) is 0 Å². The van der Waals surface area contributed by atoms with Crippen molar-refractivity contribution in [2.75, 3.05) is 33.2 Å². The van der Waals surface area contributed by atoms with Crippen molar-refractivity contribution in [2.24, 2.45) is 5.73 Å². The van der Waals surface area contributed by atoms with Gasteiger partial charge in [0.1, 0.15) is 5.82 Å². The maximum Gasteiger partial charge on any atom is 0.127 e. The van der Waals surface area contributed by atoms with Gasteiger partial charge in [-0.05, 0) is 35.4 Å². The van der Waals surface area contributed by atoms with Crippen molar-refractivity contribution in [1.82, 2.24) is 9.80 Å². The van der Waals surface area contributed by atoms with Crippen LogP contribution < -0.4 is 5.73 Å². The van der Waals surface area contributed by atoms with Gasteiger partial charge in [0.25, 0.3) is 0 Å².